The van der Waals surface area contributed by atoms with Crippen molar-refractivity contribution in [3.8, 4) is 0 Å². The molecular weight excluding hydrogens is 470 g/mol. The van der Waals surface area contributed by atoms with Crippen molar-refractivity contribution in [3.63, 3.8) is 0 Å². The third kappa shape index (κ3) is 5.79. The van der Waals surface area contributed by atoms with E-state index in [1.54, 1.807) is 19.1 Å². The molecule has 3 heterocycles. The van der Waals surface area contributed by atoms with Crippen LogP contribution in [0.4, 0.5) is 10.8 Å². The first-order chi connectivity index (χ1) is 15.4. The average Bonchev–Trinajstić information content (AvgIpc) is 3.55. The summed E-state index contributed by atoms with van der Waals surface area (Å²) in [5.74, 6) is -0.186. The Labute approximate surface area is 196 Å². The number of nitrogens with zero attached hydrogens (tertiary/aromatic N) is 3. The first-order valence-electron chi connectivity index (χ1n) is 10.7. The molecule has 2 atom stereocenters. The normalized spacial score (nSPS) is 20.3. The van der Waals surface area contributed by atoms with Gasteiger partial charge in [-0.15, -0.1) is 10.2 Å². The molecule has 32 heavy (non-hydrogen) atoms. The third-order valence-corrected chi connectivity index (χ3v) is 9.36. The van der Waals surface area contributed by atoms with Crippen LogP contribution in [0.15, 0.2) is 33.5 Å². The SMILES string of the molecule is CC(Sc1nnc(NCC2CCCO2)s1)C(=O)Nc1ccc(S(=O)(=O)N2CCCC2)cc1. The van der Waals surface area contributed by atoms with Crippen LogP contribution in [-0.4, -0.2) is 66.4 Å². The van der Waals surface area contributed by atoms with Crippen molar-refractivity contribution in [2.45, 2.75) is 53.2 Å². The van der Waals surface area contributed by atoms with Gasteiger partial charge in [-0.2, -0.15) is 4.31 Å². The van der Waals surface area contributed by atoms with Gasteiger partial charge in [0.1, 0.15) is 0 Å². The predicted octanol–water partition coefficient (Wildman–Crippen LogP) is 3.03. The van der Waals surface area contributed by atoms with Crippen LogP contribution >= 0.6 is 23.1 Å². The molecule has 1 aromatic carbocycles. The number of hydrogen-bond acceptors (Lipinski definition) is 9. The molecule has 0 radical (unpaired) electrons. The largest absolute Gasteiger partial charge is 0.376 e. The van der Waals surface area contributed by atoms with Crippen molar-refractivity contribution in [2.75, 3.05) is 36.9 Å². The number of thioether (sulfide) groups is 1. The van der Waals surface area contributed by atoms with Gasteiger partial charge >= 0.3 is 0 Å². The first-order valence-corrected chi connectivity index (χ1v) is 13.8. The summed E-state index contributed by atoms with van der Waals surface area (Å²) in [6.45, 7) is 4.44. The summed E-state index contributed by atoms with van der Waals surface area (Å²) in [6.07, 6.45) is 4.15. The lowest BCUT2D eigenvalue weighted by Crippen LogP contribution is -2.27. The minimum atomic E-state index is -3.46. The van der Waals surface area contributed by atoms with E-state index in [4.69, 9.17) is 4.74 Å². The van der Waals surface area contributed by atoms with Crippen molar-refractivity contribution in [2.24, 2.45) is 0 Å². The van der Waals surface area contributed by atoms with E-state index < -0.39 is 10.0 Å². The molecule has 0 aliphatic carbocycles. The molecule has 2 aliphatic rings. The molecule has 4 rings (SSSR count). The number of rotatable bonds is 9. The number of aromatic nitrogens is 2. The van der Waals surface area contributed by atoms with Crippen LogP contribution in [0.1, 0.15) is 32.6 Å². The number of anilines is 2. The summed E-state index contributed by atoms with van der Waals surface area (Å²) in [4.78, 5) is 12.8. The Morgan fingerprint density at radius 1 is 1.25 bits per heavy atom. The maximum absolute atomic E-state index is 12.6. The van der Waals surface area contributed by atoms with Crippen molar-refractivity contribution in [3.05, 3.63) is 24.3 Å². The highest BCUT2D eigenvalue weighted by Crippen LogP contribution is 2.30. The van der Waals surface area contributed by atoms with Crippen LogP contribution in [0.25, 0.3) is 0 Å². The van der Waals surface area contributed by atoms with Gasteiger partial charge in [0.15, 0.2) is 4.34 Å². The third-order valence-electron chi connectivity index (χ3n) is 5.38. The summed E-state index contributed by atoms with van der Waals surface area (Å²) >= 11 is 2.74. The van der Waals surface area contributed by atoms with E-state index >= 15 is 0 Å². The van der Waals surface area contributed by atoms with Gasteiger partial charge < -0.3 is 15.4 Å². The molecule has 2 unspecified atom stereocenters. The molecule has 0 spiro atoms. The van der Waals surface area contributed by atoms with E-state index in [9.17, 15) is 13.2 Å². The molecule has 2 fully saturated rings. The highest BCUT2D eigenvalue weighted by atomic mass is 32.2. The number of ether oxygens (including phenoxy) is 1. The molecule has 2 aromatic rings. The van der Waals surface area contributed by atoms with E-state index in [1.165, 1.54) is 39.5 Å². The minimum Gasteiger partial charge on any atom is -0.376 e. The fraction of sp³-hybridized carbons (Fsp3) is 0.550. The fourth-order valence-electron chi connectivity index (χ4n) is 3.57. The topological polar surface area (TPSA) is 114 Å². The Kier molecular flexibility index (Phi) is 7.66. The van der Waals surface area contributed by atoms with E-state index in [0.29, 0.717) is 34.8 Å². The zero-order valence-corrected chi connectivity index (χ0v) is 20.3. The Balaban J connectivity index is 1.28. The van der Waals surface area contributed by atoms with Crippen LogP contribution in [0.2, 0.25) is 0 Å². The number of sulfonamides is 1. The summed E-state index contributed by atoms with van der Waals surface area (Å²) in [5.41, 5.74) is 0.555. The maximum atomic E-state index is 12.6. The minimum absolute atomic E-state index is 0.186. The fourth-order valence-corrected chi connectivity index (χ4v) is 6.99. The highest BCUT2D eigenvalue weighted by molar-refractivity contribution is 8.02. The van der Waals surface area contributed by atoms with Gasteiger partial charge in [0.25, 0.3) is 0 Å². The second-order valence-corrected chi connectivity index (χ2v) is 12.3. The van der Waals surface area contributed by atoms with Gasteiger partial charge in [0.2, 0.25) is 21.1 Å². The second kappa shape index (κ2) is 10.5. The van der Waals surface area contributed by atoms with Crippen molar-refractivity contribution in [1.82, 2.24) is 14.5 Å². The molecule has 1 amide bonds. The first kappa shape index (κ1) is 23.4. The van der Waals surface area contributed by atoms with Gasteiger partial charge in [0, 0.05) is 31.9 Å². The lowest BCUT2D eigenvalue weighted by atomic mass is 10.2. The molecule has 1 aromatic heterocycles. The lowest BCUT2D eigenvalue weighted by molar-refractivity contribution is -0.115. The number of amides is 1. The molecular formula is C20H27N5O4S3. The van der Waals surface area contributed by atoms with Crippen LogP contribution in [0.5, 0.6) is 0 Å². The van der Waals surface area contributed by atoms with Crippen LogP contribution < -0.4 is 10.6 Å². The van der Waals surface area contributed by atoms with Gasteiger partial charge in [0.05, 0.1) is 16.2 Å². The van der Waals surface area contributed by atoms with Gasteiger partial charge in [-0.1, -0.05) is 23.1 Å². The van der Waals surface area contributed by atoms with Crippen molar-refractivity contribution < 1.29 is 17.9 Å². The average molecular weight is 498 g/mol. The number of carbonyl (C=O) groups is 1. The molecule has 2 N–H and O–H groups in total. The highest BCUT2D eigenvalue weighted by Gasteiger charge is 2.27. The Morgan fingerprint density at radius 3 is 2.69 bits per heavy atom. The van der Waals surface area contributed by atoms with Crippen LogP contribution in [0, 0.1) is 0 Å². The zero-order chi connectivity index (χ0) is 22.6. The smallest absolute Gasteiger partial charge is 0.243 e. The van der Waals surface area contributed by atoms with Crippen molar-refractivity contribution in [1.29, 1.82) is 0 Å². The quantitative estimate of drug-likeness (QED) is 0.508. The molecule has 0 bridgehead atoms. The zero-order valence-electron chi connectivity index (χ0n) is 17.8. The monoisotopic (exact) mass is 497 g/mol. The van der Waals surface area contributed by atoms with Crippen molar-refractivity contribution >= 4 is 49.8 Å². The van der Waals surface area contributed by atoms with Gasteiger partial charge in [-0.3, -0.25) is 4.79 Å². The number of benzene rings is 1. The Hall–Kier alpha value is -1.73. The standard InChI is InChI=1S/C20H27N5O4S3/c1-14(30-20-24-23-19(31-20)21-13-16-5-4-12-29-16)18(26)22-15-6-8-17(9-7-15)32(27,28)25-10-2-3-11-25/h6-9,14,16H,2-5,10-13H2,1H3,(H,21,23)(H,22,26). The summed E-state index contributed by atoms with van der Waals surface area (Å²) in [6, 6.07) is 6.32. The molecule has 174 valence electrons. The molecule has 2 aliphatic heterocycles. The number of carbonyl (C=O) groups excluding carboxylic acids is 1. The summed E-state index contributed by atoms with van der Waals surface area (Å²) in [7, 11) is -3.46. The number of hydrogen-bond donors (Lipinski definition) is 2. The molecule has 2 saturated heterocycles. The van der Waals surface area contributed by atoms with Crippen LogP contribution in [0.3, 0.4) is 0 Å². The Bertz CT molecular complexity index is 1020. The molecule has 9 nitrogen and oxygen atoms in total. The van der Waals surface area contributed by atoms with E-state index in [1.807, 2.05) is 0 Å². The second-order valence-electron chi connectivity index (χ2n) is 7.77. The van der Waals surface area contributed by atoms with Gasteiger partial charge in [-0.05, 0) is 56.9 Å². The van der Waals surface area contributed by atoms with E-state index in [0.717, 1.165) is 32.3 Å². The molecule has 0 saturated carbocycles. The van der Waals surface area contributed by atoms with E-state index in [-0.39, 0.29) is 22.2 Å². The lowest BCUT2D eigenvalue weighted by Gasteiger charge is -2.16. The Morgan fingerprint density at radius 2 is 2.00 bits per heavy atom. The van der Waals surface area contributed by atoms with Crippen LogP contribution in [-0.2, 0) is 19.6 Å². The predicted molar refractivity (Wildman–Crippen MR) is 126 cm³/mol. The molecule has 12 heteroatoms. The van der Waals surface area contributed by atoms with Gasteiger partial charge in [-0.25, -0.2) is 8.42 Å². The summed E-state index contributed by atoms with van der Waals surface area (Å²) in [5, 5.41) is 14.7. The number of nitrogens with one attached hydrogen (secondary N) is 2. The maximum Gasteiger partial charge on any atom is 0.243 e. The summed E-state index contributed by atoms with van der Waals surface area (Å²) < 4.78 is 33.0. The van der Waals surface area contributed by atoms with E-state index in [2.05, 4.69) is 20.8 Å².